The molecule has 0 aliphatic carbocycles. The summed E-state index contributed by atoms with van der Waals surface area (Å²) in [5, 5.41) is 0. The van der Waals surface area contributed by atoms with Gasteiger partial charge in [-0.3, -0.25) is 0 Å². The molecule has 0 radical (unpaired) electrons. The van der Waals surface area contributed by atoms with Crippen LogP contribution >= 0.6 is 0 Å². The summed E-state index contributed by atoms with van der Waals surface area (Å²) in [7, 11) is 0. The van der Waals surface area contributed by atoms with Crippen molar-refractivity contribution in [3.63, 3.8) is 0 Å². The number of hydrogen-bond acceptors (Lipinski definition) is 2. The fourth-order valence-corrected chi connectivity index (χ4v) is 2.94. The molecule has 136 valence electrons. The lowest BCUT2D eigenvalue weighted by Gasteiger charge is -2.18. The number of hydrogen-bond donors (Lipinski definition) is 0. The molecule has 0 saturated heterocycles. The van der Waals surface area contributed by atoms with Crippen LogP contribution < -0.4 is 4.58 Å². The van der Waals surface area contributed by atoms with Crippen LogP contribution in [0.4, 0.5) is 17.2 Å². The smallest absolute Gasteiger partial charge is 0.204 e. The standard InChI is InChI=1S/C22H30N4/c1-15(2)25-14-26(17-11-9-10-16(12-17)21(3,4)5)18-13-23-20(22(6,7)8)24-19(18)25/h9-13,15H,1-8H3/q+2. The zero-order valence-corrected chi connectivity index (χ0v) is 17.3. The first kappa shape index (κ1) is 18.5. The Balaban J connectivity index is 2.18. The summed E-state index contributed by atoms with van der Waals surface area (Å²) in [6.45, 7) is 17.4. The Morgan fingerprint density at radius 2 is 1.69 bits per heavy atom. The molecular formula is C22H30N4+2. The van der Waals surface area contributed by atoms with E-state index in [1.54, 1.807) is 0 Å². The van der Waals surface area contributed by atoms with Gasteiger partial charge in [0.25, 0.3) is 5.82 Å². The molecule has 1 aromatic heterocycles. The largest absolute Gasteiger partial charge is 0.457 e. The minimum Gasteiger partial charge on any atom is -0.204 e. The molecule has 0 unspecified atom stereocenters. The Morgan fingerprint density at radius 3 is 2.27 bits per heavy atom. The Hall–Kier alpha value is -2.32. The first-order valence-corrected chi connectivity index (χ1v) is 9.32. The molecule has 26 heavy (non-hydrogen) atoms. The third kappa shape index (κ3) is 3.34. The molecule has 4 nitrogen and oxygen atoms in total. The third-order valence-corrected chi connectivity index (χ3v) is 4.58. The average Bonchev–Trinajstić information content (AvgIpc) is 2.92. The Kier molecular flexibility index (Phi) is 4.36. The Bertz CT molecular complexity index is 918. The predicted molar refractivity (Wildman–Crippen MR) is 107 cm³/mol. The van der Waals surface area contributed by atoms with Gasteiger partial charge >= 0.3 is 17.5 Å². The van der Waals surface area contributed by atoms with Crippen LogP contribution in [0.1, 0.15) is 66.8 Å². The van der Waals surface area contributed by atoms with Crippen LogP contribution in [-0.4, -0.2) is 26.6 Å². The summed E-state index contributed by atoms with van der Waals surface area (Å²) < 4.78 is 4.19. The second kappa shape index (κ2) is 6.14. The molecule has 2 aromatic rings. The second-order valence-corrected chi connectivity index (χ2v) is 9.35. The van der Waals surface area contributed by atoms with Crippen LogP contribution in [-0.2, 0) is 10.8 Å². The molecule has 1 aromatic carbocycles. The van der Waals surface area contributed by atoms with E-state index in [4.69, 9.17) is 4.98 Å². The normalized spacial score (nSPS) is 14.3. The highest BCUT2D eigenvalue weighted by molar-refractivity contribution is 5.72. The summed E-state index contributed by atoms with van der Waals surface area (Å²) in [5.41, 5.74) is 3.39. The Labute approximate surface area is 157 Å². The highest BCUT2D eigenvalue weighted by atomic mass is 15.2. The van der Waals surface area contributed by atoms with Gasteiger partial charge < -0.3 is 0 Å². The molecule has 4 heteroatoms. The molecule has 3 rings (SSSR count). The topological polar surface area (TPSA) is 31.8 Å². The number of nitrogens with zero attached hydrogens (tertiary/aromatic N) is 4. The van der Waals surface area contributed by atoms with E-state index in [1.165, 1.54) is 5.56 Å². The van der Waals surface area contributed by atoms with E-state index in [0.717, 1.165) is 23.0 Å². The van der Waals surface area contributed by atoms with Crippen molar-refractivity contribution < 1.29 is 4.58 Å². The van der Waals surface area contributed by atoms with Gasteiger partial charge in [0.1, 0.15) is 6.04 Å². The monoisotopic (exact) mass is 350 g/mol. The summed E-state index contributed by atoms with van der Waals surface area (Å²) in [6, 6.07) is 12.4. The number of benzene rings is 1. The molecule has 0 saturated carbocycles. The van der Waals surface area contributed by atoms with Crippen molar-refractivity contribution in [2.24, 2.45) is 0 Å². The van der Waals surface area contributed by atoms with Crippen LogP contribution in [0.25, 0.3) is 0 Å². The number of fused-ring (bicyclic) bond motifs is 1. The summed E-state index contributed by atoms with van der Waals surface area (Å²) in [6.07, 6.45) is 1.93. The quantitative estimate of drug-likeness (QED) is 0.702. The zero-order chi connectivity index (χ0) is 19.3. The predicted octanol–water partition coefficient (Wildman–Crippen LogP) is 5.15. The highest BCUT2D eigenvalue weighted by Crippen LogP contribution is 2.35. The Morgan fingerprint density at radius 1 is 1.00 bits per heavy atom. The minimum absolute atomic E-state index is 0.0861. The van der Waals surface area contributed by atoms with E-state index >= 15 is 0 Å². The van der Waals surface area contributed by atoms with Crippen LogP contribution in [0.3, 0.4) is 0 Å². The van der Waals surface area contributed by atoms with Crippen molar-refractivity contribution in [3.05, 3.63) is 41.9 Å². The minimum atomic E-state index is -0.0861. The molecule has 1 aliphatic rings. The van der Waals surface area contributed by atoms with Gasteiger partial charge in [0, 0.05) is 4.98 Å². The molecule has 0 atom stereocenters. The van der Waals surface area contributed by atoms with E-state index < -0.39 is 0 Å². The maximum absolute atomic E-state index is 4.88. The lowest BCUT2D eigenvalue weighted by atomic mass is 9.87. The highest BCUT2D eigenvalue weighted by Gasteiger charge is 2.40. The number of aromatic nitrogens is 2. The molecule has 0 bridgehead atoms. The van der Waals surface area contributed by atoms with Crippen LogP contribution in [0.2, 0.25) is 0 Å². The number of rotatable bonds is 2. The van der Waals surface area contributed by atoms with Gasteiger partial charge in [-0.25, -0.2) is 4.98 Å². The molecule has 0 amide bonds. The van der Waals surface area contributed by atoms with Crippen LogP contribution in [0, 0.1) is 0 Å². The molecule has 2 heterocycles. The van der Waals surface area contributed by atoms with Crippen molar-refractivity contribution in [2.75, 3.05) is 0 Å². The lowest BCUT2D eigenvalue weighted by Crippen LogP contribution is -2.19. The van der Waals surface area contributed by atoms with Crippen molar-refractivity contribution >= 4 is 23.2 Å². The summed E-state index contributed by atoms with van der Waals surface area (Å²) in [5.74, 6) is 1.79. The van der Waals surface area contributed by atoms with E-state index in [1.807, 2.05) is 6.20 Å². The van der Waals surface area contributed by atoms with E-state index in [9.17, 15) is 0 Å². The van der Waals surface area contributed by atoms with Gasteiger partial charge in [0.05, 0.1) is 11.6 Å². The van der Waals surface area contributed by atoms with Gasteiger partial charge in [-0.2, -0.15) is 0 Å². The molecule has 0 spiro atoms. The van der Waals surface area contributed by atoms with E-state index in [-0.39, 0.29) is 16.9 Å². The first-order chi connectivity index (χ1) is 12.0. The second-order valence-electron chi connectivity index (χ2n) is 9.35. The first-order valence-electron chi connectivity index (χ1n) is 9.32. The van der Waals surface area contributed by atoms with Crippen molar-refractivity contribution in [3.8, 4) is 0 Å². The van der Waals surface area contributed by atoms with Crippen LogP contribution in [0.5, 0.6) is 0 Å². The molecular weight excluding hydrogens is 320 g/mol. The van der Waals surface area contributed by atoms with E-state index in [2.05, 4.69) is 99.8 Å². The molecule has 0 fully saturated rings. The van der Waals surface area contributed by atoms with Crippen molar-refractivity contribution in [2.45, 2.75) is 72.3 Å². The summed E-state index contributed by atoms with van der Waals surface area (Å²) >= 11 is 0. The maximum atomic E-state index is 4.88. The van der Waals surface area contributed by atoms with Gasteiger partial charge in [0.15, 0.2) is 5.69 Å². The van der Waals surface area contributed by atoms with Crippen molar-refractivity contribution in [1.29, 1.82) is 0 Å². The SMILES string of the molecule is CC(C)[N+]1=C=[N+](c2cccc(C(C)(C)C)c2)c2cnc(C(C)(C)C)nc21. The molecule has 0 N–H and O–H groups in total. The summed E-state index contributed by atoms with van der Waals surface area (Å²) in [4.78, 5) is 9.53. The van der Waals surface area contributed by atoms with Gasteiger partial charge in [-0.15, -0.1) is 9.15 Å². The van der Waals surface area contributed by atoms with E-state index in [0.29, 0.717) is 0 Å². The fourth-order valence-electron chi connectivity index (χ4n) is 2.94. The fraction of sp³-hybridized carbons (Fsp3) is 0.500. The average molecular weight is 351 g/mol. The lowest BCUT2D eigenvalue weighted by molar-refractivity contribution is -0.470. The van der Waals surface area contributed by atoms with Gasteiger partial charge in [0.2, 0.25) is 0 Å². The van der Waals surface area contributed by atoms with Crippen LogP contribution in [0.15, 0.2) is 30.5 Å². The van der Waals surface area contributed by atoms with Gasteiger partial charge in [-0.1, -0.05) is 32.9 Å². The molecule has 1 aliphatic heterocycles. The van der Waals surface area contributed by atoms with Crippen molar-refractivity contribution in [1.82, 2.24) is 14.5 Å². The maximum Gasteiger partial charge on any atom is 0.457 e. The third-order valence-electron chi connectivity index (χ3n) is 4.58. The zero-order valence-electron chi connectivity index (χ0n) is 17.3. The van der Waals surface area contributed by atoms with Gasteiger partial charge in [-0.05, 0) is 57.7 Å².